The lowest BCUT2D eigenvalue weighted by molar-refractivity contribution is 0.141. The molecule has 5 heteroatoms. The van der Waals surface area contributed by atoms with Gasteiger partial charge in [0.15, 0.2) is 5.82 Å². The number of para-hydroxylation sites is 1. The quantitative estimate of drug-likeness (QED) is 0.850. The predicted molar refractivity (Wildman–Crippen MR) is 58.8 cm³/mol. The maximum Gasteiger partial charge on any atom is 0.297 e. The first-order valence-electron chi connectivity index (χ1n) is 4.86. The van der Waals surface area contributed by atoms with E-state index in [0.29, 0.717) is 11.3 Å². The summed E-state index contributed by atoms with van der Waals surface area (Å²) in [6.45, 7) is 1.84. The van der Waals surface area contributed by atoms with E-state index in [0.717, 1.165) is 10.9 Å². The van der Waals surface area contributed by atoms with Gasteiger partial charge in [-0.25, -0.2) is 18.7 Å². The van der Waals surface area contributed by atoms with E-state index < -0.39 is 12.2 Å². The summed E-state index contributed by atoms with van der Waals surface area (Å²) in [5, 5.41) is 3.56. The molecule has 0 aliphatic rings. The van der Waals surface area contributed by atoms with Crippen LogP contribution >= 0.6 is 0 Å². The Morgan fingerprint density at radius 2 is 2.00 bits per heavy atom. The molecule has 3 nitrogen and oxygen atoms in total. The SMILES string of the molecule is CNc1nc(C(F)F)nc2c(C)cccc12. The topological polar surface area (TPSA) is 37.8 Å². The van der Waals surface area contributed by atoms with Crippen molar-refractivity contribution < 1.29 is 8.78 Å². The standard InChI is InChI=1S/C11H11F2N3/c1-6-4-3-5-7-8(6)15-11(9(12)13)16-10(7)14-2/h3-5,9H,1-2H3,(H,14,15,16). The van der Waals surface area contributed by atoms with Crippen LogP contribution in [0, 0.1) is 6.92 Å². The highest BCUT2D eigenvalue weighted by molar-refractivity contribution is 5.91. The Kier molecular flexibility index (Phi) is 2.68. The summed E-state index contributed by atoms with van der Waals surface area (Å²) in [6.07, 6.45) is -2.66. The Hall–Kier alpha value is -1.78. The van der Waals surface area contributed by atoms with E-state index >= 15 is 0 Å². The van der Waals surface area contributed by atoms with Crippen LogP contribution in [-0.2, 0) is 0 Å². The second-order valence-corrected chi connectivity index (χ2v) is 3.45. The molecule has 1 heterocycles. The van der Waals surface area contributed by atoms with Crippen molar-refractivity contribution in [3.05, 3.63) is 29.6 Å². The normalized spacial score (nSPS) is 11.1. The monoisotopic (exact) mass is 223 g/mol. The molecule has 0 saturated carbocycles. The van der Waals surface area contributed by atoms with E-state index in [4.69, 9.17) is 0 Å². The van der Waals surface area contributed by atoms with Gasteiger partial charge in [-0.15, -0.1) is 0 Å². The Balaban J connectivity index is 2.79. The zero-order chi connectivity index (χ0) is 11.7. The minimum Gasteiger partial charge on any atom is -0.373 e. The molecule has 0 amide bonds. The van der Waals surface area contributed by atoms with Gasteiger partial charge < -0.3 is 5.32 Å². The first-order valence-corrected chi connectivity index (χ1v) is 4.86. The minimum atomic E-state index is -2.66. The molecule has 0 aliphatic heterocycles. The molecular weight excluding hydrogens is 212 g/mol. The fraction of sp³-hybridized carbons (Fsp3) is 0.273. The van der Waals surface area contributed by atoms with Crippen molar-refractivity contribution in [2.24, 2.45) is 0 Å². The summed E-state index contributed by atoms with van der Waals surface area (Å²) < 4.78 is 25.2. The van der Waals surface area contributed by atoms with Gasteiger partial charge in [0.1, 0.15) is 5.82 Å². The number of benzene rings is 1. The highest BCUT2D eigenvalue weighted by Crippen LogP contribution is 2.25. The molecule has 0 spiro atoms. The fourth-order valence-electron chi connectivity index (χ4n) is 1.60. The number of hydrogen-bond acceptors (Lipinski definition) is 3. The van der Waals surface area contributed by atoms with Crippen molar-refractivity contribution in [1.29, 1.82) is 0 Å². The number of aryl methyl sites for hydroxylation is 1. The van der Waals surface area contributed by atoms with Crippen molar-refractivity contribution in [3.8, 4) is 0 Å². The third kappa shape index (κ3) is 1.68. The Morgan fingerprint density at radius 3 is 2.62 bits per heavy atom. The average molecular weight is 223 g/mol. The molecule has 0 atom stereocenters. The maximum atomic E-state index is 12.6. The maximum absolute atomic E-state index is 12.6. The van der Waals surface area contributed by atoms with Crippen LogP contribution in [0.15, 0.2) is 18.2 Å². The number of fused-ring (bicyclic) bond motifs is 1. The van der Waals surface area contributed by atoms with Crippen LogP contribution in [0.2, 0.25) is 0 Å². The van der Waals surface area contributed by atoms with E-state index in [1.54, 1.807) is 7.05 Å². The van der Waals surface area contributed by atoms with Crippen molar-refractivity contribution >= 4 is 16.7 Å². The van der Waals surface area contributed by atoms with Gasteiger partial charge in [0, 0.05) is 12.4 Å². The first-order chi connectivity index (χ1) is 7.63. The van der Waals surface area contributed by atoms with E-state index in [9.17, 15) is 8.78 Å². The molecule has 84 valence electrons. The van der Waals surface area contributed by atoms with E-state index in [1.807, 2.05) is 25.1 Å². The third-order valence-electron chi connectivity index (χ3n) is 2.38. The van der Waals surface area contributed by atoms with Crippen LogP contribution in [0.1, 0.15) is 17.8 Å². The van der Waals surface area contributed by atoms with Gasteiger partial charge in [0.05, 0.1) is 5.52 Å². The Bertz CT molecular complexity index is 526. The smallest absolute Gasteiger partial charge is 0.297 e. The molecule has 0 aliphatic carbocycles. The van der Waals surface area contributed by atoms with E-state index in [-0.39, 0.29) is 0 Å². The van der Waals surface area contributed by atoms with Crippen molar-refractivity contribution in [2.75, 3.05) is 12.4 Å². The van der Waals surface area contributed by atoms with Crippen LogP contribution < -0.4 is 5.32 Å². The summed E-state index contributed by atoms with van der Waals surface area (Å²) in [6, 6.07) is 5.50. The number of halogens is 2. The molecule has 2 aromatic rings. The predicted octanol–water partition coefficient (Wildman–Crippen LogP) is 2.92. The molecule has 0 bridgehead atoms. The Morgan fingerprint density at radius 1 is 1.25 bits per heavy atom. The largest absolute Gasteiger partial charge is 0.373 e. The van der Waals surface area contributed by atoms with Gasteiger partial charge in [-0.05, 0) is 18.6 Å². The number of nitrogens with one attached hydrogen (secondary N) is 1. The second-order valence-electron chi connectivity index (χ2n) is 3.45. The number of anilines is 1. The number of aromatic nitrogens is 2. The number of hydrogen-bond donors (Lipinski definition) is 1. The van der Waals surface area contributed by atoms with Crippen molar-refractivity contribution in [3.63, 3.8) is 0 Å². The lowest BCUT2D eigenvalue weighted by Crippen LogP contribution is -2.02. The van der Waals surface area contributed by atoms with Crippen molar-refractivity contribution in [1.82, 2.24) is 9.97 Å². The minimum absolute atomic E-state index is 0.434. The van der Waals surface area contributed by atoms with Crippen LogP contribution in [0.3, 0.4) is 0 Å². The average Bonchev–Trinajstić information content (AvgIpc) is 2.28. The van der Waals surface area contributed by atoms with Crippen LogP contribution in [0.25, 0.3) is 10.9 Å². The summed E-state index contributed by atoms with van der Waals surface area (Å²) in [4.78, 5) is 7.67. The molecule has 0 unspecified atom stereocenters. The van der Waals surface area contributed by atoms with Crippen LogP contribution in [0.4, 0.5) is 14.6 Å². The summed E-state index contributed by atoms with van der Waals surface area (Å²) in [7, 11) is 1.65. The Labute approximate surface area is 91.5 Å². The molecular formula is C11H11F2N3. The number of alkyl halides is 2. The lowest BCUT2D eigenvalue weighted by Gasteiger charge is -2.08. The highest BCUT2D eigenvalue weighted by atomic mass is 19.3. The number of nitrogens with zero attached hydrogens (tertiary/aromatic N) is 2. The second kappa shape index (κ2) is 4.00. The lowest BCUT2D eigenvalue weighted by atomic mass is 10.1. The van der Waals surface area contributed by atoms with Gasteiger partial charge >= 0.3 is 0 Å². The number of rotatable bonds is 2. The molecule has 16 heavy (non-hydrogen) atoms. The summed E-state index contributed by atoms with van der Waals surface area (Å²) in [5.41, 5.74) is 1.43. The molecule has 0 radical (unpaired) electrons. The highest BCUT2D eigenvalue weighted by Gasteiger charge is 2.15. The molecule has 1 aromatic heterocycles. The van der Waals surface area contributed by atoms with Crippen molar-refractivity contribution in [2.45, 2.75) is 13.3 Å². The summed E-state index contributed by atoms with van der Waals surface area (Å²) >= 11 is 0. The molecule has 1 aromatic carbocycles. The molecule has 1 N–H and O–H groups in total. The van der Waals surface area contributed by atoms with Crippen LogP contribution in [0.5, 0.6) is 0 Å². The van der Waals surface area contributed by atoms with Gasteiger partial charge in [-0.3, -0.25) is 0 Å². The first kappa shape index (κ1) is 10.7. The zero-order valence-corrected chi connectivity index (χ0v) is 8.96. The molecule has 0 saturated heterocycles. The van der Waals surface area contributed by atoms with Gasteiger partial charge in [0.25, 0.3) is 6.43 Å². The zero-order valence-electron chi connectivity index (χ0n) is 8.96. The fourth-order valence-corrected chi connectivity index (χ4v) is 1.60. The van der Waals surface area contributed by atoms with Gasteiger partial charge in [-0.2, -0.15) is 0 Å². The molecule has 0 fully saturated rings. The van der Waals surface area contributed by atoms with E-state index in [2.05, 4.69) is 15.3 Å². The molecule has 2 rings (SSSR count). The van der Waals surface area contributed by atoms with Gasteiger partial charge in [0.2, 0.25) is 0 Å². The third-order valence-corrected chi connectivity index (χ3v) is 2.38. The summed E-state index contributed by atoms with van der Waals surface area (Å²) in [5.74, 6) is -0.00449. The van der Waals surface area contributed by atoms with Crippen LogP contribution in [-0.4, -0.2) is 17.0 Å². The van der Waals surface area contributed by atoms with Gasteiger partial charge in [-0.1, -0.05) is 12.1 Å². The van der Waals surface area contributed by atoms with E-state index in [1.165, 1.54) is 0 Å².